The molecule has 152 valence electrons. The van der Waals surface area contributed by atoms with Gasteiger partial charge < -0.3 is 9.47 Å². The van der Waals surface area contributed by atoms with Gasteiger partial charge in [0.2, 0.25) is 0 Å². The second kappa shape index (κ2) is 11.4. The molecule has 1 atom stereocenters. The minimum atomic E-state index is 0. The summed E-state index contributed by atoms with van der Waals surface area (Å²) < 4.78 is 12.6. The molecule has 1 heterocycles. The second-order valence-electron chi connectivity index (χ2n) is 7.76. The molecule has 0 saturated heterocycles. The summed E-state index contributed by atoms with van der Waals surface area (Å²) in [4.78, 5) is 4.85. The molecule has 0 aromatic heterocycles. The molecular formula is C24H26FeINO2+2. The Bertz CT molecular complexity index is 661. The Hall–Kier alpha value is -0.261. The average molecular weight is 543 g/mol. The fourth-order valence-electron chi connectivity index (χ4n) is 3.04. The molecule has 29 heavy (non-hydrogen) atoms. The first-order valence-corrected chi connectivity index (χ1v) is 10.5. The van der Waals surface area contributed by atoms with Crippen molar-refractivity contribution in [3.8, 4) is 5.75 Å². The molecule has 0 N–H and O–H groups in total. The fraction of sp³-hybridized carbons (Fsp3) is 0.292. The molecule has 2 saturated carbocycles. The minimum absolute atomic E-state index is 0. The van der Waals surface area contributed by atoms with Gasteiger partial charge in [0.25, 0.3) is 0 Å². The monoisotopic (exact) mass is 543 g/mol. The molecule has 0 bridgehead atoms. The Balaban J connectivity index is 0.000000437. The molecule has 3 nitrogen and oxygen atoms in total. The van der Waals surface area contributed by atoms with Crippen molar-refractivity contribution in [1.82, 2.24) is 0 Å². The minimum Gasteiger partial charge on any atom is -0.496 e. The molecule has 2 aliphatic carbocycles. The average Bonchev–Trinajstić information content (AvgIpc) is 3.43. The van der Waals surface area contributed by atoms with E-state index in [1.807, 2.05) is 50.3 Å². The van der Waals surface area contributed by atoms with Crippen molar-refractivity contribution in [3.63, 3.8) is 0 Å². The molecule has 2 fully saturated rings. The van der Waals surface area contributed by atoms with E-state index in [4.69, 9.17) is 14.5 Å². The molecule has 10 radical (unpaired) electrons. The van der Waals surface area contributed by atoms with E-state index in [0.717, 1.165) is 33.0 Å². The van der Waals surface area contributed by atoms with Gasteiger partial charge in [0.15, 0.2) is 5.90 Å². The normalized spacial score (nSPS) is 23.1. The molecule has 4 rings (SSSR count). The van der Waals surface area contributed by atoms with Crippen LogP contribution in [0.25, 0.3) is 0 Å². The van der Waals surface area contributed by atoms with Gasteiger partial charge in [0.1, 0.15) is 12.4 Å². The van der Waals surface area contributed by atoms with E-state index in [9.17, 15) is 0 Å². The molecule has 3 aliphatic rings. The van der Waals surface area contributed by atoms with E-state index in [2.05, 4.69) is 62.3 Å². The number of benzene rings is 1. The largest absolute Gasteiger partial charge is 2.00 e. The molecule has 1 aromatic carbocycles. The topological polar surface area (TPSA) is 30.8 Å². The van der Waals surface area contributed by atoms with E-state index in [1.165, 1.54) is 0 Å². The van der Waals surface area contributed by atoms with Crippen LogP contribution in [0.1, 0.15) is 26.3 Å². The summed E-state index contributed by atoms with van der Waals surface area (Å²) in [5.74, 6) is 3.80. The fourth-order valence-corrected chi connectivity index (χ4v) is 3.74. The summed E-state index contributed by atoms with van der Waals surface area (Å²) in [5, 5.41) is 0. The van der Waals surface area contributed by atoms with E-state index in [1.54, 1.807) is 7.11 Å². The van der Waals surface area contributed by atoms with Crippen LogP contribution in [0.15, 0.2) is 29.3 Å². The molecule has 1 aliphatic heterocycles. The van der Waals surface area contributed by atoms with Gasteiger partial charge in [-0.2, -0.15) is 0 Å². The number of aliphatic imine (C=N–C) groups is 1. The number of ether oxygens (including phenoxy) is 2. The van der Waals surface area contributed by atoms with Gasteiger partial charge in [-0.15, -0.1) is 0 Å². The Morgan fingerprint density at radius 1 is 1.03 bits per heavy atom. The summed E-state index contributed by atoms with van der Waals surface area (Å²) in [6.07, 6.45) is 14.2. The number of rotatable bonds is 3. The van der Waals surface area contributed by atoms with Crippen molar-refractivity contribution in [3.05, 3.63) is 90.5 Å². The number of halogens is 1. The summed E-state index contributed by atoms with van der Waals surface area (Å²) >= 11 is 2.35. The zero-order valence-electron chi connectivity index (χ0n) is 17.1. The quantitative estimate of drug-likeness (QED) is 0.376. The maximum Gasteiger partial charge on any atom is 2.00 e. The van der Waals surface area contributed by atoms with E-state index >= 15 is 0 Å². The Morgan fingerprint density at radius 3 is 2.21 bits per heavy atom. The summed E-state index contributed by atoms with van der Waals surface area (Å²) in [6, 6.07) is 8.25. The number of hydrogen-bond acceptors (Lipinski definition) is 3. The Kier molecular flexibility index (Phi) is 9.82. The van der Waals surface area contributed by atoms with Crippen LogP contribution >= 0.6 is 22.6 Å². The van der Waals surface area contributed by atoms with Crippen LogP contribution in [-0.4, -0.2) is 25.7 Å². The van der Waals surface area contributed by atoms with Crippen molar-refractivity contribution in [2.75, 3.05) is 13.7 Å². The van der Waals surface area contributed by atoms with Crippen LogP contribution in [0.2, 0.25) is 0 Å². The molecule has 0 spiro atoms. The van der Waals surface area contributed by atoms with E-state index in [-0.39, 0.29) is 28.5 Å². The third kappa shape index (κ3) is 6.36. The van der Waals surface area contributed by atoms with E-state index in [0.29, 0.717) is 6.61 Å². The second-order valence-corrected chi connectivity index (χ2v) is 8.92. The van der Waals surface area contributed by atoms with Crippen LogP contribution < -0.4 is 4.74 Å². The summed E-state index contributed by atoms with van der Waals surface area (Å²) in [7, 11) is 1.70. The third-order valence-corrected chi connectivity index (χ3v) is 5.62. The van der Waals surface area contributed by atoms with Gasteiger partial charge >= 0.3 is 17.1 Å². The summed E-state index contributed by atoms with van der Waals surface area (Å²) in [6.45, 7) is 7.24. The number of hydrogen-bond donors (Lipinski definition) is 0. The van der Waals surface area contributed by atoms with Crippen molar-refractivity contribution >= 4 is 28.5 Å². The van der Waals surface area contributed by atoms with Gasteiger partial charge in [-0.1, -0.05) is 61.6 Å². The molecular weight excluding hydrogens is 517 g/mol. The van der Waals surface area contributed by atoms with Crippen molar-refractivity contribution in [2.45, 2.75) is 26.8 Å². The van der Waals surface area contributed by atoms with Crippen molar-refractivity contribution in [2.24, 2.45) is 10.4 Å². The van der Waals surface area contributed by atoms with E-state index < -0.39 is 0 Å². The number of methoxy groups -OCH3 is 1. The SMILES string of the molecule is COc1ccccc1[C]1[CH][CH][C](I)[C]1C1=N[C@@H](C(C)(C)C)CO1.[CH]1[CH][CH][CH][CH]1.[Fe+2]. The maximum atomic E-state index is 5.96. The Labute approximate surface area is 201 Å². The molecule has 5 heteroatoms. The zero-order chi connectivity index (χ0) is 20.1. The van der Waals surface area contributed by atoms with Crippen molar-refractivity contribution in [1.29, 1.82) is 0 Å². The van der Waals surface area contributed by atoms with Crippen LogP contribution in [-0.2, 0) is 21.8 Å². The van der Waals surface area contributed by atoms with Crippen LogP contribution in [0.5, 0.6) is 5.75 Å². The first kappa shape index (κ1) is 25.0. The standard InChI is InChI=1S/C19H21INO2.C5H5.Fe/c1-19(2,3)16-11-23-18(21-16)17-13(9-10-14(17)20)12-7-5-6-8-15(12)22-4;1-2-4-5-3-1;/h5-10,16H,11H2,1-4H3;1-5H;/q;;+2/t16-;;/m1../s1. The van der Waals surface area contributed by atoms with Gasteiger partial charge in [-0.05, 0) is 56.4 Å². The van der Waals surface area contributed by atoms with Gasteiger partial charge in [0.05, 0.1) is 23.0 Å². The Morgan fingerprint density at radius 2 is 1.66 bits per heavy atom. The van der Waals surface area contributed by atoms with Crippen LogP contribution in [0, 0.1) is 66.1 Å². The van der Waals surface area contributed by atoms with Crippen LogP contribution in [0.3, 0.4) is 0 Å². The maximum absolute atomic E-state index is 5.96. The molecule has 1 aromatic rings. The molecule has 0 amide bonds. The van der Waals surface area contributed by atoms with Gasteiger partial charge in [-0.25, -0.2) is 4.99 Å². The predicted octanol–water partition coefficient (Wildman–Crippen LogP) is 5.44. The molecule has 0 unspecified atom stereocenters. The van der Waals surface area contributed by atoms with Crippen LogP contribution in [0.4, 0.5) is 0 Å². The summed E-state index contributed by atoms with van der Waals surface area (Å²) in [5.41, 5.74) is 1.17. The number of para-hydroxylation sites is 1. The van der Waals surface area contributed by atoms with Gasteiger partial charge in [-0.3, -0.25) is 0 Å². The van der Waals surface area contributed by atoms with Crippen molar-refractivity contribution < 1.29 is 26.5 Å². The van der Waals surface area contributed by atoms with Gasteiger partial charge in [0, 0.05) is 11.5 Å². The first-order valence-electron chi connectivity index (χ1n) is 9.38. The zero-order valence-corrected chi connectivity index (χ0v) is 20.4. The first-order chi connectivity index (χ1) is 13.4. The third-order valence-electron chi connectivity index (χ3n) is 4.72. The smallest absolute Gasteiger partial charge is 0.496 e. The predicted molar refractivity (Wildman–Crippen MR) is 123 cm³/mol. The number of nitrogens with zero attached hydrogens (tertiary/aromatic N) is 1.